The molecule has 0 heterocycles. The summed E-state index contributed by atoms with van der Waals surface area (Å²) in [6.45, 7) is 0. The van der Waals surface area contributed by atoms with Gasteiger partial charge in [0.1, 0.15) is 0 Å². The van der Waals surface area contributed by atoms with Crippen LogP contribution in [0.4, 0.5) is 0 Å². The summed E-state index contributed by atoms with van der Waals surface area (Å²) in [6.07, 6.45) is -0.392. The van der Waals surface area contributed by atoms with E-state index in [1.807, 2.05) is 30.3 Å². The summed E-state index contributed by atoms with van der Waals surface area (Å²) in [5.74, 6) is -0.370. The van der Waals surface area contributed by atoms with E-state index in [1.165, 1.54) is 19.2 Å². The maximum atomic E-state index is 10.1. The Hall–Kier alpha value is -2.20. The molecular weight excluding hydrogens is 244 g/mol. The molecule has 0 fully saturated rings. The van der Waals surface area contributed by atoms with Gasteiger partial charge in [-0.25, -0.2) is 0 Å². The number of phenols is 2. The van der Waals surface area contributed by atoms with Gasteiger partial charge < -0.3 is 20.1 Å². The summed E-state index contributed by atoms with van der Waals surface area (Å²) in [7, 11) is 1.36. The maximum absolute atomic E-state index is 10.1. The highest BCUT2D eigenvalue weighted by atomic mass is 16.5. The highest BCUT2D eigenvalue weighted by Crippen LogP contribution is 2.38. The average molecular weight is 260 g/mol. The molecule has 100 valence electrons. The third-order valence-corrected chi connectivity index (χ3v) is 2.93. The Morgan fingerprint density at radius 3 is 2.16 bits per heavy atom. The molecule has 0 aliphatic rings. The zero-order valence-corrected chi connectivity index (χ0v) is 10.6. The maximum Gasteiger partial charge on any atom is 0.202 e. The van der Waals surface area contributed by atoms with E-state index in [2.05, 4.69) is 0 Å². The van der Waals surface area contributed by atoms with Crippen LogP contribution >= 0.6 is 0 Å². The zero-order valence-electron chi connectivity index (χ0n) is 10.6. The van der Waals surface area contributed by atoms with Gasteiger partial charge >= 0.3 is 0 Å². The number of hydrogen-bond donors (Lipinski definition) is 3. The van der Waals surface area contributed by atoms with Crippen LogP contribution in [0.15, 0.2) is 42.5 Å². The van der Waals surface area contributed by atoms with Crippen LogP contribution in [0.3, 0.4) is 0 Å². The van der Waals surface area contributed by atoms with Crippen LogP contribution < -0.4 is 4.74 Å². The van der Waals surface area contributed by atoms with Crippen molar-refractivity contribution in [3.63, 3.8) is 0 Å². The molecule has 2 aromatic rings. The molecule has 4 nitrogen and oxygen atoms in total. The number of aromatic hydroxyl groups is 2. The van der Waals surface area contributed by atoms with Crippen molar-refractivity contribution < 1.29 is 20.1 Å². The van der Waals surface area contributed by atoms with E-state index in [9.17, 15) is 15.3 Å². The number of phenolic OH excluding ortho intramolecular Hbond substituents is 2. The predicted octanol–water partition coefficient (Wildman–Crippen LogP) is 2.38. The molecule has 19 heavy (non-hydrogen) atoms. The van der Waals surface area contributed by atoms with Gasteiger partial charge in [0.15, 0.2) is 11.5 Å². The second-order valence-electron chi connectivity index (χ2n) is 4.30. The smallest absolute Gasteiger partial charge is 0.202 e. The van der Waals surface area contributed by atoms with Crippen LogP contribution in [0, 0.1) is 0 Å². The lowest BCUT2D eigenvalue weighted by atomic mass is 10.0. The fourth-order valence-corrected chi connectivity index (χ4v) is 1.98. The first-order valence-electron chi connectivity index (χ1n) is 5.93. The lowest BCUT2D eigenvalue weighted by molar-refractivity contribution is 0.177. The first-order valence-corrected chi connectivity index (χ1v) is 5.93. The van der Waals surface area contributed by atoms with Gasteiger partial charge in [-0.2, -0.15) is 0 Å². The van der Waals surface area contributed by atoms with Crippen LogP contribution in [0.1, 0.15) is 17.2 Å². The highest BCUT2D eigenvalue weighted by Gasteiger charge is 2.15. The Morgan fingerprint density at radius 1 is 1.05 bits per heavy atom. The molecule has 0 unspecified atom stereocenters. The fraction of sp³-hybridized carbons (Fsp3) is 0.200. The van der Waals surface area contributed by atoms with Gasteiger partial charge in [-0.05, 0) is 23.3 Å². The van der Waals surface area contributed by atoms with Crippen molar-refractivity contribution >= 4 is 0 Å². The Morgan fingerprint density at radius 2 is 1.63 bits per heavy atom. The summed E-state index contributed by atoms with van der Waals surface area (Å²) in [5, 5.41) is 29.5. The second kappa shape index (κ2) is 5.63. The predicted molar refractivity (Wildman–Crippen MR) is 71.4 cm³/mol. The lowest BCUT2D eigenvalue weighted by Crippen LogP contribution is -2.02. The average Bonchev–Trinajstić information content (AvgIpc) is 2.39. The number of aliphatic hydroxyl groups is 1. The minimum absolute atomic E-state index is 0.00987. The molecule has 0 aliphatic heterocycles. The third-order valence-electron chi connectivity index (χ3n) is 2.93. The van der Waals surface area contributed by atoms with E-state index >= 15 is 0 Å². The van der Waals surface area contributed by atoms with E-state index in [-0.39, 0.29) is 17.2 Å². The first-order chi connectivity index (χ1) is 9.11. The number of hydrogen-bond acceptors (Lipinski definition) is 4. The van der Waals surface area contributed by atoms with Crippen LogP contribution in [0.25, 0.3) is 0 Å². The topological polar surface area (TPSA) is 69.9 Å². The Bertz CT molecular complexity index is 528. The SMILES string of the molecule is COc1c(O)cc([C@H](O)Cc2ccccc2)cc1O. The first kappa shape index (κ1) is 13.2. The highest BCUT2D eigenvalue weighted by molar-refractivity contribution is 5.52. The van der Waals surface area contributed by atoms with Gasteiger partial charge in [0.05, 0.1) is 13.2 Å². The molecule has 2 rings (SSSR count). The minimum atomic E-state index is -0.801. The molecule has 1 atom stereocenters. The molecule has 0 radical (unpaired) electrons. The Balaban J connectivity index is 2.22. The fourth-order valence-electron chi connectivity index (χ4n) is 1.98. The van der Waals surface area contributed by atoms with Crippen LogP contribution in [-0.2, 0) is 6.42 Å². The second-order valence-corrected chi connectivity index (χ2v) is 4.30. The van der Waals surface area contributed by atoms with Gasteiger partial charge in [-0.15, -0.1) is 0 Å². The Kier molecular flexibility index (Phi) is 3.92. The van der Waals surface area contributed by atoms with Crippen LogP contribution in [-0.4, -0.2) is 22.4 Å². The van der Waals surface area contributed by atoms with E-state index < -0.39 is 6.10 Å². The van der Waals surface area contributed by atoms with E-state index in [0.29, 0.717) is 12.0 Å². The van der Waals surface area contributed by atoms with E-state index in [4.69, 9.17) is 4.74 Å². The molecule has 0 saturated heterocycles. The van der Waals surface area contributed by atoms with Crippen LogP contribution in [0.2, 0.25) is 0 Å². The quantitative estimate of drug-likeness (QED) is 0.789. The number of aliphatic hydroxyl groups excluding tert-OH is 1. The summed E-state index contributed by atoms with van der Waals surface area (Å²) in [4.78, 5) is 0. The molecule has 0 bridgehead atoms. The van der Waals surface area contributed by atoms with Gasteiger partial charge in [0.2, 0.25) is 5.75 Å². The summed E-state index contributed by atoms with van der Waals surface area (Å²) in [5.41, 5.74) is 1.42. The van der Waals surface area contributed by atoms with Crippen molar-refractivity contribution in [3.8, 4) is 17.2 Å². The van der Waals surface area contributed by atoms with Crippen LogP contribution in [0.5, 0.6) is 17.2 Å². The zero-order chi connectivity index (χ0) is 13.8. The molecule has 0 spiro atoms. The molecule has 0 amide bonds. The lowest BCUT2D eigenvalue weighted by Gasteiger charge is -2.14. The van der Waals surface area contributed by atoms with Crippen molar-refractivity contribution in [2.75, 3.05) is 7.11 Å². The normalized spacial score (nSPS) is 12.1. The number of ether oxygens (including phenoxy) is 1. The van der Waals surface area contributed by atoms with Gasteiger partial charge in [0.25, 0.3) is 0 Å². The van der Waals surface area contributed by atoms with Crippen molar-refractivity contribution in [2.45, 2.75) is 12.5 Å². The van der Waals surface area contributed by atoms with Crippen molar-refractivity contribution in [1.82, 2.24) is 0 Å². The summed E-state index contributed by atoms with van der Waals surface area (Å²) < 4.78 is 4.85. The molecule has 2 aromatic carbocycles. The molecule has 3 N–H and O–H groups in total. The monoisotopic (exact) mass is 260 g/mol. The summed E-state index contributed by atoms with van der Waals surface area (Å²) in [6, 6.07) is 12.3. The van der Waals surface area contributed by atoms with Crippen molar-refractivity contribution in [3.05, 3.63) is 53.6 Å². The van der Waals surface area contributed by atoms with Crippen molar-refractivity contribution in [2.24, 2.45) is 0 Å². The number of rotatable bonds is 4. The standard InChI is InChI=1S/C15H16O4/c1-19-15-13(17)8-11(9-14(15)18)12(16)7-10-5-3-2-4-6-10/h2-6,8-9,12,16-18H,7H2,1H3/t12-/m1/s1. The molecule has 0 aliphatic carbocycles. The Labute approximate surface area is 111 Å². The van der Waals surface area contributed by atoms with E-state index in [0.717, 1.165) is 5.56 Å². The summed E-state index contributed by atoms with van der Waals surface area (Å²) >= 11 is 0. The number of methoxy groups -OCH3 is 1. The number of benzene rings is 2. The molecule has 0 saturated carbocycles. The molecular formula is C15H16O4. The van der Waals surface area contributed by atoms with Gasteiger partial charge in [-0.1, -0.05) is 30.3 Å². The van der Waals surface area contributed by atoms with Crippen molar-refractivity contribution in [1.29, 1.82) is 0 Å². The van der Waals surface area contributed by atoms with Gasteiger partial charge in [-0.3, -0.25) is 0 Å². The van der Waals surface area contributed by atoms with Gasteiger partial charge in [0, 0.05) is 6.42 Å². The molecule has 0 aromatic heterocycles. The third kappa shape index (κ3) is 2.98. The largest absolute Gasteiger partial charge is 0.504 e. The minimum Gasteiger partial charge on any atom is -0.504 e. The molecule has 4 heteroatoms. The van der Waals surface area contributed by atoms with E-state index in [1.54, 1.807) is 0 Å².